The first-order chi connectivity index (χ1) is 8.74. The van der Waals surface area contributed by atoms with E-state index < -0.39 is 0 Å². The summed E-state index contributed by atoms with van der Waals surface area (Å²) in [5, 5.41) is 1.02. The summed E-state index contributed by atoms with van der Waals surface area (Å²) in [4.78, 5) is 4.38. The number of hydrogen-bond acceptors (Lipinski definition) is 3. The van der Waals surface area contributed by atoms with Crippen molar-refractivity contribution in [3.63, 3.8) is 0 Å². The van der Waals surface area contributed by atoms with Gasteiger partial charge in [0, 0.05) is 5.75 Å². The van der Waals surface area contributed by atoms with Crippen molar-refractivity contribution in [2.24, 2.45) is 0 Å². The first-order valence-corrected chi connectivity index (χ1v) is 7.02. The average molecular weight is 259 g/mol. The van der Waals surface area contributed by atoms with Crippen LogP contribution in [0.25, 0.3) is 0 Å². The number of pyridine rings is 1. The SMILES string of the molecule is CC(C)Oc1ccc(SCc2ccccc2)nc1. The molecule has 2 aromatic rings. The van der Waals surface area contributed by atoms with Gasteiger partial charge >= 0.3 is 0 Å². The van der Waals surface area contributed by atoms with Gasteiger partial charge in [0.1, 0.15) is 5.75 Å². The second-order valence-corrected chi connectivity index (χ2v) is 5.27. The first kappa shape index (κ1) is 13.0. The van der Waals surface area contributed by atoms with Gasteiger partial charge in [0.15, 0.2) is 0 Å². The zero-order valence-corrected chi connectivity index (χ0v) is 11.5. The lowest BCUT2D eigenvalue weighted by Gasteiger charge is -2.09. The molecule has 0 saturated carbocycles. The zero-order chi connectivity index (χ0) is 12.8. The quantitative estimate of drug-likeness (QED) is 0.753. The molecule has 0 atom stereocenters. The Morgan fingerprint density at radius 2 is 1.89 bits per heavy atom. The van der Waals surface area contributed by atoms with Crippen molar-refractivity contribution >= 4 is 11.8 Å². The van der Waals surface area contributed by atoms with E-state index in [1.54, 1.807) is 18.0 Å². The van der Waals surface area contributed by atoms with Gasteiger partial charge in [0.2, 0.25) is 0 Å². The van der Waals surface area contributed by atoms with Gasteiger partial charge in [0.05, 0.1) is 17.3 Å². The van der Waals surface area contributed by atoms with E-state index in [-0.39, 0.29) is 6.10 Å². The summed E-state index contributed by atoms with van der Waals surface area (Å²) in [6.07, 6.45) is 1.97. The molecule has 0 aliphatic heterocycles. The Kier molecular flexibility index (Phi) is 4.65. The van der Waals surface area contributed by atoms with Gasteiger partial charge in [-0.2, -0.15) is 0 Å². The van der Waals surface area contributed by atoms with Crippen LogP contribution in [0.3, 0.4) is 0 Å². The Hall–Kier alpha value is -1.48. The number of nitrogens with zero attached hydrogens (tertiary/aromatic N) is 1. The van der Waals surface area contributed by atoms with E-state index in [1.165, 1.54) is 5.56 Å². The molecular formula is C15H17NOS. The molecule has 3 heteroatoms. The predicted molar refractivity (Wildman–Crippen MR) is 76.0 cm³/mol. The lowest BCUT2D eigenvalue weighted by Crippen LogP contribution is -2.05. The van der Waals surface area contributed by atoms with Crippen LogP contribution < -0.4 is 4.74 Å². The Morgan fingerprint density at radius 3 is 2.50 bits per heavy atom. The molecule has 0 unspecified atom stereocenters. The highest BCUT2D eigenvalue weighted by molar-refractivity contribution is 7.98. The molecule has 94 valence electrons. The van der Waals surface area contributed by atoms with Gasteiger partial charge in [-0.25, -0.2) is 4.98 Å². The Balaban J connectivity index is 1.90. The van der Waals surface area contributed by atoms with Crippen LogP contribution in [0, 0.1) is 0 Å². The van der Waals surface area contributed by atoms with E-state index in [4.69, 9.17) is 4.74 Å². The van der Waals surface area contributed by atoms with Gasteiger partial charge in [0.25, 0.3) is 0 Å². The van der Waals surface area contributed by atoms with Crippen LogP contribution in [0.5, 0.6) is 5.75 Å². The van der Waals surface area contributed by atoms with Gasteiger partial charge in [-0.15, -0.1) is 11.8 Å². The predicted octanol–water partition coefficient (Wildman–Crippen LogP) is 4.16. The summed E-state index contributed by atoms with van der Waals surface area (Å²) in [6, 6.07) is 14.4. The molecule has 1 aromatic heterocycles. The van der Waals surface area contributed by atoms with Crippen molar-refractivity contribution in [1.29, 1.82) is 0 Å². The lowest BCUT2D eigenvalue weighted by atomic mass is 10.2. The highest BCUT2D eigenvalue weighted by Gasteiger charge is 2.00. The van der Waals surface area contributed by atoms with Crippen molar-refractivity contribution in [3.05, 3.63) is 54.2 Å². The second-order valence-electron chi connectivity index (χ2n) is 4.27. The molecule has 2 nitrogen and oxygen atoms in total. The number of hydrogen-bond donors (Lipinski definition) is 0. The van der Waals surface area contributed by atoms with Crippen molar-refractivity contribution in [3.8, 4) is 5.75 Å². The molecule has 0 spiro atoms. The maximum atomic E-state index is 5.56. The summed E-state index contributed by atoms with van der Waals surface area (Å²) in [5.74, 6) is 1.77. The summed E-state index contributed by atoms with van der Waals surface area (Å²) >= 11 is 1.73. The minimum Gasteiger partial charge on any atom is -0.489 e. The summed E-state index contributed by atoms with van der Waals surface area (Å²) in [5.41, 5.74) is 1.31. The lowest BCUT2D eigenvalue weighted by molar-refractivity contribution is 0.241. The number of benzene rings is 1. The molecular weight excluding hydrogens is 242 g/mol. The van der Waals surface area contributed by atoms with Gasteiger partial charge in [-0.1, -0.05) is 30.3 Å². The minimum atomic E-state index is 0.189. The highest BCUT2D eigenvalue weighted by atomic mass is 32.2. The summed E-state index contributed by atoms with van der Waals surface area (Å²) < 4.78 is 5.56. The summed E-state index contributed by atoms with van der Waals surface area (Å²) in [6.45, 7) is 4.02. The monoisotopic (exact) mass is 259 g/mol. The van der Waals surface area contributed by atoms with E-state index in [0.717, 1.165) is 16.5 Å². The third-order valence-electron chi connectivity index (χ3n) is 2.31. The molecule has 2 rings (SSSR count). The van der Waals surface area contributed by atoms with E-state index in [1.807, 2.05) is 32.0 Å². The molecule has 1 aromatic carbocycles. The molecule has 1 heterocycles. The number of rotatable bonds is 5. The highest BCUT2D eigenvalue weighted by Crippen LogP contribution is 2.22. The minimum absolute atomic E-state index is 0.189. The van der Waals surface area contributed by atoms with Crippen molar-refractivity contribution < 1.29 is 4.74 Å². The van der Waals surface area contributed by atoms with Crippen LogP contribution in [0.2, 0.25) is 0 Å². The van der Waals surface area contributed by atoms with E-state index in [9.17, 15) is 0 Å². The fourth-order valence-corrected chi connectivity index (χ4v) is 2.32. The molecule has 0 bridgehead atoms. The smallest absolute Gasteiger partial charge is 0.138 e. The molecule has 0 aliphatic carbocycles. The van der Waals surface area contributed by atoms with Gasteiger partial charge in [-0.3, -0.25) is 0 Å². The van der Waals surface area contributed by atoms with E-state index in [0.29, 0.717) is 0 Å². The zero-order valence-electron chi connectivity index (χ0n) is 10.7. The fraction of sp³-hybridized carbons (Fsp3) is 0.267. The maximum absolute atomic E-state index is 5.56. The fourth-order valence-electron chi connectivity index (χ4n) is 1.53. The Bertz CT molecular complexity index is 468. The molecule has 0 N–H and O–H groups in total. The number of thioether (sulfide) groups is 1. The Morgan fingerprint density at radius 1 is 1.11 bits per heavy atom. The first-order valence-electron chi connectivity index (χ1n) is 6.03. The molecule has 18 heavy (non-hydrogen) atoms. The molecule has 0 fully saturated rings. The normalized spacial score (nSPS) is 10.6. The van der Waals surface area contributed by atoms with Gasteiger partial charge in [-0.05, 0) is 31.5 Å². The largest absolute Gasteiger partial charge is 0.489 e. The van der Waals surface area contributed by atoms with E-state index >= 15 is 0 Å². The summed E-state index contributed by atoms with van der Waals surface area (Å²) in [7, 11) is 0. The van der Waals surface area contributed by atoms with Crippen LogP contribution >= 0.6 is 11.8 Å². The van der Waals surface area contributed by atoms with Gasteiger partial charge < -0.3 is 4.74 Å². The number of aromatic nitrogens is 1. The van der Waals surface area contributed by atoms with Crippen LogP contribution in [-0.2, 0) is 5.75 Å². The maximum Gasteiger partial charge on any atom is 0.138 e. The topological polar surface area (TPSA) is 22.1 Å². The van der Waals surface area contributed by atoms with Crippen molar-refractivity contribution in [2.75, 3.05) is 0 Å². The molecule has 0 radical (unpaired) electrons. The van der Waals surface area contributed by atoms with Crippen LogP contribution in [0.1, 0.15) is 19.4 Å². The molecule has 0 amide bonds. The van der Waals surface area contributed by atoms with Crippen molar-refractivity contribution in [2.45, 2.75) is 30.7 Å². The third kappa shape index (κ3) is 4.08. The Labute approximate surface area is 112 Å². The standard InChI is InChI=1S/C15H17NOS/c1-12(2)17-14-8-9-15(16-10-14)18-11-13-6-4-3-5-7-13/h3-10,12H,11H2,1-2H3. The molecule has 0 saturated heterocycles. The average Bonchev–Trinajstić information content (AvgIpc) is 2.38. The third-order valence-corrected chi connectivity index (χ3v) is 3.33. The van der Waals surface area contributed by atoms with Crippen LogP contribution in [0.15, 0.2) is 53.7 Å². The van der Waals surface area contributed by atoms with Crippen LogP contribution in [0.4, 0.5) is 0 Å². The van der Waals surface area contributed by atoms with Crippen molar-refractivity contribution in [1.82, 2.24) is 4.98 Å². The second kappa shape index (κ2) is 6.45. The van der Waals surface area contributed by atoms with Crippen LogP contribution in [-0.4, -0.2) is 11.1 Å². The number of ether oxygens (including phenoxy) is 1. The van der Waals surface area contributed by atoms with E-state index in [2.05, 4.69) is 29.2 Å². The molecule has 0 aliphatic rings.